The second-order valence-corrected chi connectivity index (χ2v) is 5.22. The van der Waals surface area contributed by atoms with E-state index in [1.165, 1.54) is 6.07 Å². The molecule has 0 radical (unpaired) electrons. The van der Waals surface area contributed by atoms with E-state index in [0.29, 0.717) is 16.7 Å². The third-order valence-corrected chi connectivity index (χ3v) is 3.90. The lowest BCUT2D eigenvalue weighted by molar-refractivity contribution is -0.385. The molecule has 1 aliphatic rings. The Balaban J connectivity index is 2.33. The summed E-state index contributed by atoms with van der Waals surface area (Å²) in [7, 11) is 1.75. The van der Waals surface area contributed by atoms with Gasteiger partial charge in [-0.15, -0.1) is 0 Å². The molecule has 1 N–H and O–H groups in total. The van der Waals surface area contributed by atoms with Gasteiger partial charge >= 0.3 is 0 Å². The van der Waals surface area contributed by atoms with Crippen molar-refractivity contribution in [2.45, 2.75) is 18.9 Å². The molecule has 19 heavy (non-hydrogen) atoms. The van der Waals surface area contributed by atoms with E-state index < -0.39 is 4.92 Å². The average molecular weight is 328 g/mol. The number of carbonyl (C=O) groups excluding carboxylic acids is 1. The summed E-state index contributed by atoms with van der Waals surface area (Å²) in [6.07, 6.45) is 1.67. The minimum absolute atomic E-state index is 0.0307. The first-order chi connectivity index (χ1) is 9.04. The molecule has 0 bridgehead atoms. The van der Waals surface area contributed by atoms with E-state index in [-0.39, 0.29) is 17.6 Å². The summed E-state index contributed by atoms with van der Waals surface area (Å²) < 4.78 is 0.413. The van der Waals surface area contributed by atoms with Gasteiger partial charge in [-0.2, -0.15) is 0 Å². The largest absolute Gasteiger partial charge is 0.311 e. The summed E-state index contributed by atoms with van der Waals surface area (Å²) >= 11 is 3.14. The molecule has 102 valence electrons. The molecule has 1 aromatic rings. The van der Waals surface area contributed by atoms with Crippen molar-refractivity contribution in [3.8, 4) is 0 Å². The van der Waals surface area contributed by atoms with Gasteiger partial charge in [0.1, 0.15) is 0 Å². The van der Waals surface area contributed by atoms with Crippen LogP contribution in [0, 0.1) is 10.1 Å². The Bertz CT molecular complexity index is 521. The van der Waals surface area contributed by atoms with E-state index in [1.54, 1.807) is 24.1 Å². The fourth-order valence-electron chi connectivity index (χ4n) is 2.21. The number of halogens is 1. The highest BCUT2D eigenvalue weighted by Gasteiger charge is 2.29. The van der Waals surface area contributed by atoms with Gasteiger partial charge in [-0.05, 0) is 48.0 Å². The summed E-state index contributed by atoms with van der Waals surface area (Å²) in [5, 5.41) is 13.9. The summed E-state index contributed by atoms with van der Waals surface area (Å²) in [5.74, 6) is -0.0367. The Hall–Kier alpha value is -1.47. The number of piperidine rings is 1. The fraction of sp³-hybridized carbons (Fsp3) is 0.417. The number of nitro benzene ring substituents is 1. The van der Waals surface area contributed by atoms with Crippen molar-refractivity contribution < 1.29 is 9.72 Å². The van der Waals surface area contributed by atoms with Gasteiger partial charge in [-0.1, -0.05) is 0 Å². The number of benzene rings is 1. The minimum atomic E-state index is -0.461. The number of amides is 1. The molecule has 1 heterocycles. The van der Waals surface area contributed by atoms with Gasteiger partial charge in [0.15, 0.2) is 0 Å². The highest BCUT2D eigenvalue weighted by molar-refractivity contribution is 9.10. The van der Waals surface area contributed by atoms with Gasteiger partial charge in [0.2, 0.25) is 5.91 Å². The monoisotopic (exact) mass is 327 g/mol. The lowest BCUT2D eigenvalue weighted by Gasteiger charge is -2.32. The molecule has 1 fully saturated rings. The van der Waals surface area contributed by atoms with Gasteiger partial charge in [-0.25, -0.2) is 0 Å². The predicted molar refractivity (Wildman–Crippen MR) is 75.2 cm³/mol. The molecule has 0 saturated carbocycles. The number of carbonyl (C=O) groups is 1. The van der Waals surface area contributed by atoms with Crippen molar-refractivity contribution in [1.29, 1.82) is 0 Å². The zero-order valence-corrected chi connectivity index (χ0v) is 12.0. The second-order valence-electron chi connectivity index (χ2n) is 4.37. The molecule has 0 spiro atoms. The Labute approximate surface area is 119 Å². The van der Waals surface area contributed by atoms with Crippen LogP contribution in [-0.4, -0.2) is 30.5 Å². The molecule has 0 aromatic heterocycles. The van der Waals surface area contributed by atoms with Crippen LogP contribution in [0.15, 0.2) is 22.7 Å². The molecule has 7 heteroatoms. The van der Waals surface area contributed by atoms with Crippen LogP contribution in [-0.2, 0) is 4.79 Å². The highest BCUT2D eigenvalue weighted by atomic mass is 79.9. The van der Waals surface area contributed by atoms with Crippen LogP contribution >= 0.6 is 15.9 Å². The maximum atomic E-state index is 12.2. The zero-order valence-electron chi connectivity index (χ0n) is 10.4. The number of nitrogens with one attached hydrogen (secondary N) is 1. The van der Waals surface area contributed by atoms with E-state index in [9.17, 15) is 14.9 Å². The number of hydrogen-bond donors (Lipinski definition) is 1. The minimum Gasteiger partial charge on any atom is -0.311 e. The van der Waals surface area contributed by atoms with E-state index in [1.807, 2.05) is 0 Å². The molecule has 1 aromatic carbocycles. The van der Waals surface area contributed by atoms with Crippen LogP contribution in [0.4, 0.5) is 11.4 Å². The van der Waals surface area contributed by atoms with Gasteiger partial charge in [0.25, 0.3) is 5.69 Å². The Morgan fingerprint density at radius 3 is 2.89 bits per heavy atom. The van der Waals surface area contributed by atoms with Crippen molar-refractivity contribution in [3.05, 3.63) is 32.8 Å². The van der Waals surface area contributed by atoms with Crippen molar-refractivity contribution in [3.63, 3.8) is 0 Å². The first-order valence-corrected chi connectivity index (χ1v) is 6.76. The van der Waals surface area contributed by atoms with Crippen LogP contribution in [0.3, 0.4) is 0 Å². The number of nitrogens with zero attached hydrogens (tertiary/aromatic N) is 2. The molecule has 1 atom stereocenters. The third kappa shape index (κ3) is 2.76. The SMILES string of the molecule is CNC1CCCN(c2ccc(Br)c([N+](=O)[O-])c2)C1=O. The van der Waals surface area contributed by atoms with Gasteiger partial charge in [0, 0.05) is 12.6 Å². The molecular weight excluding hydrogens is 314 g/mol. The van der Waals surface area contributed by atoms with Gasteiger partial charge in [-0.3, -0.25) is 14.9 Å². The maximum absolute atomic E-state index is 12.2. The number of likely N-dealkylation sites (N-methyl/N-ethyl adjacent to an activating group) is 1. The van der Waals surface area contributed by atoms with Crippen molar-refractivity contribution >= 4 is 33.2 Å². The van der Waals surface area contributed by atoms with E-state index in [2.05, 4.69) is 21.2 Å². The molecule has 2 rings (SSSR count). The third-order valence-electron chi connectivity index (χ3n) is 3.23. The quantitative estimate of drug-likeness (QED) is 0.681. The van der Waals surface area contributed by atoms with Crippen molar-refractivity contribution in [1.82, 2.24) is 5.32 Å². The maximum Gasteiger partial charge on any atom is 0.285 e. The molecule has 1 amide bonds. The Kier molecular flexibility index (Phi) is 4.16. The average Bonchev–Trinajstić information content (AvgIpc) is 2.39. The summed E-state index contributed by atoms with van der Waals surface area (Å²) in [6, 6.07) is 4.54. The molecule has 6 nitrogen and oxygen atoms in total. The van der Waals surface area contributed by atoms with Crippen LogP contribution < -0.4 is 10.2 Å². The summed E-state index contributed by atoms with van der Waals surface area (Å²) in [6.45, 7) is 0.593. The standard InChI is InChI=1S/C12H14BrN3O3/c1-14-10-3-2-6-15(12(10)17)8-4-5-9(13)11(7-8)16(18)19/h4-5,7,10,14H,2-3,6H2,1H3. The summed E-state index contributed by atoms with van der Waals surface area (Å²) in [5.41, 5.74) is 0.539. The van der Waals surface area contributed by atoms with Crippen LogP contribution in [0.5, 0.6) is 0 Å². The molecular formula is C12H14BrN3O3. The topological polar surface area (TPSA) is 75.5 Å². The number of nitro groups is 1. The normalized spacial score (nSPS) is 19.6. The molecule has 1 unspecified atom stereocenters. The van der Waals surface area contributed by atoms with E-state index >= 15 is 0 Å². The predicted octanol–water partition coefficient (Wildman–Crippen LogP) is 2.07. The van der Waals surface area contributed by atoms with Crippen molar-refractivity contribution in [2.24, 2.45) is 0 Å². The summed E-state index contributed by atoms with van der Waals surface area (Å²) in [4.78, 5) is 24.3. The number of hydrogen-bond acceptors (Lipinski definition) is 4. The smallest absolute Gasteiger partial charge is 0.285 e. The number of rotatable bonds is 3. The van der Waals surface area contributed by atoms with Crippen LogP contribution in [0.1, 0.15) is 12.8 Å². The highest BCUT2D eigenvalue weighted by Crippen LogP contribution is 2.31. The van der Waals surface area contributed by atoms with Gasteiger partial charge < -0.3 is 10.2 Å². The molecule has 1 aliphatic heterocycles. The second kappa shape index (κ2) is 5.66. The van der Waals surface area contributed by atoms with Gasteiger partial charge in [0.05, 0.1) is 21.1 Å². The molecule has 1 saturated heterocycles. The lowest BCUT2D eigenvalue weighted by atomic mass is 10.0. The molecule has 0 aliphatic carbocycles. The number of anilines is 1. The lowest BCUT2D eigenvalue weighted by Crippen LogP contribution is -2.49. The Morgan fingerprint density at radius 2 is 2.26 bits per heavy atom. The first kappa shape index (κ1) is 14.0. The fourth-order valence-corrected chi connectivity index (χ4v) is 2.60. The van der Waals surface area contributed by atoms with Crippen LogP contribution in [0.25, 0.3) is 0 Å². The Morgan fingerprint density at radius 1 is 1.53 bits per heavy atom. The zero-order chi connectivity index (χ0) is 14.0. The van der Waals surface area contributed by atoms with E-state index in [0.717, 1.165) is 12.8 Å². The van der Waals surface area contributed by atoms with Crippen LogP contribution in [0.2, 0.25) is 0 Å². The first-order valence-electron chi connectivity index (χ1n) is 5.97. The van der Waals surface area contributed by atoms with Crippen molar-refractivity contribution in [2.75, 3.05) is 18.5 Å². The van der Waals surface area contributed by atoms with E-state index in [4.69, 9.17) is 0 Å².